The van der Waals surface area contributed by atoms with E-state index in [9.17, 15) is 0 Å². The summed E-state index contributed by atoms with van der Waals surface area (Å²) in [7, 11) is 2.15. The van der Waals surface area contributed by atoms with E-state index in [2.05, 4.69) is 60.3 Å². The Morgan fingerprint density at radius 1 is 1.26 bits per heavy atom. The van der Waals surface area contributed by atoms with Crippen LogP contribution in [-0.2, 0) is 12.1 Å². The van der Waals surface area contributed by atoms with Gasteiger partial charge in [0.2, 0.25) is 0 Å². The molecule has 1 atom stereocenters. The summed E-state index contributed by atoms with van der Waals surface area (Å²) >= 11 is 0. The Labute approximate surface area is 116 Å². The first-order valence-electron chi connectivity index (χ1n) is 6.87. The van der Waals surface area contributed by atoms with Crippen molar-refractivity contribution in [3.63, 3.8) is 0 Å². The van der Waals surface area contributed by atoms with Gasteiger partial charge in [-0.25, -0.2) is 0 Å². The predicted molar refractivity (Wildman–Crippen MR) is 80.4 cm³/mol. The highest BCUT2D eigenvalue weighted by Crippen LogP contribution is 2.18. The van der Waals surface area contributed by atoms with Crippen LogP contribution < -0.4 is 5.73 Å². The summed E-state index contributed by atoms with van der Waals surface area (Å²) in [6.45, 7) is 8.20. The van der Waals surface area contributed by atoms with Crippen LogP contribution in [0.2, 0.25) is 0 Å². The van der Waals surface area contributed by atoms with Gasteiger partial charge in [-0.05, 0) is 45.1 Å². The molecule has 104 valence electrons. The molecule has 0 saturated carbocycles. The van der Waals surface area contributed by atoms with Crippen molar-refractivity contribution in [2.24, 2.45) is 5.73 Å². The van der Waals surface area contributed by atoms with E-state index < -0.39 is 0 Å². The average molecular weight is 259 g/mol. The van der Waals surface area contributed by atoms with Gasteiger partial charge in [0.1, 0.15) is 0 Å². The van der Waals surface area contributed by atoms with Crippen molar-refractivity contribution in [2.45, 2.75) is 38.9 Å². The number of hydrogen-bond donors (Lipinski definition) is 1. The lowest BCUT2D eigenvalue weighted by molar-refractivity contribution is 0.157. The Bertz CT molecular complexity index is 442. The molecule has 1 aliphatic rings. The number of nitrogens with two attached hydrogens (primary N) is 1. The SMILES string of the molecule is CC1C=CN(Cc2ccc(C(C)(C)N)cc2)CN1C. The lowest BCUT2D eigenvalue weighted by atomic mass is 9.95. The molecule has 0 spiro atoms. The number of benzene rings is 1. The van der Waals surface area contributed by atoms with E-state index in [1.807, 2.05) is 13.8 Å². The standard InChI is InChI=1S/C16H25N3/c1-13-9-10-19(12-18(13)4)11-14-5-7-15(8-6-14)16(2,3)17/h5-10,13H,11-12,17H2,1-4H3. The van der Waals surface area contributed by atoms with Crippen molar-refractivity contribution in [1.82, 2.24) is 9.80 Å². The van der Waals surface area contributed by atoms with Gasteiger partial charge in [-0.3, -0.25) is 4.90 Å². The molecule has 0 amide bonds. The number of likely N-dealkylation sites (N-methyl/N-ethyl adjacent to an activating group) is 1. The van der Waals surface area contributed by atoms with Crippen molar-refractivity contribution in [2.75, 3.05) is 13.7 Å². The van der Waals surface area contributed by atoms with Crippen molar-refractivity contribution in [3.05, 3.63) is 47.7 Å². The molecule has 1 aromatic rings. The monoisotopic (exact) mass is 259 g/mol. The van der Waals surface area contributed by atoms with Gasteiger partial charge in [0.05, 0.1) is 6.67 Å². The van der Waals surface area contributed by atoms with Crippen LogP contribution in [0.5, 0.6) is 0 Å². The highest BCUT2D eigenvalue weighted by molar-refractivity contribution is 5.27. The Balaban J connectivity index is 2.03. The zero-order chi connectivity index (χ0) is 14.0. The molecule has 0 fully saturated rings. The van der Waals surface area contributed by atoms with Gasteiger partial charge in [-0.1, -0.05) is 30.3 Å². The third-order valence-corrected chi connectivity index (χ3v) is 3.76. The van der Waals surface area contributed by atoms with Crippen LogP contribution in [0.4, 0.5) is 0 Å². The lowest BCUT2D eigenvalue weighted by Gasteiger charge is -2.34. The number of hydrogen-bond acceptors (Lipinski definition) is 3. The van der Waals surface area contributed by atoms with Gasteiger partial charge < -0.3 is 10.6 Å². The zero-order valence-electron chi connectivity index (χ0n) is 12.4. The molecule has 19 heavy (non-hydrogen) atoms. The summed E-state index contributed by atoms with van der Waals surface area (Å²) in [5.41, 5.74) is 8.33. The Morgan fingerprint density at radius 3 is 2.42 bits per heavy atom. The van der Waals surface area contributed by atoms with Gasteiger partial charge >= 0.3 is 0 Å². The van der Waals surface area contributed by atoms with Crippen molar-refractivity contribution >= 4 is 0 Å². The highest BCUT2D eigenvalue weighted by atomic mass is 15.3. The third-order valence-electron chi connectivity index (χ3n) is 3.76. The number of rotatable bonds is 3. The average Bonchev–Trinajstić information content (AvgIpc) is 2.33. The topological polar surface area (TPSA) is 32.5 Å². The second kappa shape index (κ2) is 5.35. The predicted octanol–water partition coefficient (Wildman–Crippen LogP) is 2.49. The third kappa shape index (κ3) is 3.58. The molecule has 0 radical (unpaired) electrons. The fourth-order valence-corrected chi connectivity index (χ4v) is 2.23. The van der Waals surface area contributed by atoms with Crippen LogP contribution in [-0.4, -0.2) is 29.6 Å². The van der Waals surface area contributed by atoms with E-state index >= 15 is 0 Å². The molecule has 1 unspecified atom stereocenters. The molecule has 3 heteroatoms. The molecule has 0 bridgehead atoms. The lowest BCUT2D eigenvalue weighted by Crippen LogP contribution is -2.40. The summed E-state index contributed by atoms with van der Waals surface area (Å²) in [5, 5.41) is 0. The van der Waals surface area contributed by atoms with Crippen LogP contribution >= 0.6 is 0 Å². The quantitative estimate of drug-likeness (QED) is 0.905. The van der Waals surface area contributed by atoms with E-state index in [0.717, 1.165) is 13.2 Å². The van der Waals surface area contributed by atoms with Crippen molar-refractivity contribution in [3.8, 4) is 0 Å². The Kier molecular flexibility index (Phi) is 3.97. The van der Waals surface area contributed by atoms with E-state index in [0.29, 0.717) is 6.04 Å². The van der Waals surface area contributed by atoms with Crippen LogP contribution in [0.15, 0.2) is 36.5 Å². The zero-order valence-corrected chi connectivity index (χ0v) is 12.4. The van der Waals surface area contributed by atoms with Crippen LogP contribution in [0.1, 0.15) is 31.9 Å². The first-order chi connectivity index (χ1) is 8.86. The van der Waals surface area contributed by atoms with Crippen molar-refractivity contribution in [1.29, 1.82) is 0 Å². The summed E-state index contributed by atoms with van der Waals surface area (Å²) < 4.78 is 0. The molecule has 1 heterocycles. The minimum atomic E-state index is -0.265. The Hall–Kier alpha value is -1.32. The maximum atomic E-state index is 6.10. The summed E-state index contributed by atoms with van der Waals surface area (Å²) in [6.07, 6.45) is 4.44. The molecule has 3 nitrogen and oxygen atoms in total. The Morgan fingerprint density at radius 2 is 1.89 bits per heavy atom. The van der Waals surface area contributed by atoms with E-state index in [1.54, 1.807) is 0 Å². The van der Waals surface area contributed by atoms with Crippen LogP contribution in [0.25, 0.3) is 0 Å². The number of nitrogens with zero attached hydrogens (tertiary/aromatic N) is 2. The largest absolute Gasteiger partial charge is 0.361 e. The molecular weight excluding hydrogens is 234 g/mol. The molecule has 1 aromatic carbocycles. The minimum Gasteiger partial charge on any atom is -0.361 e. The van der Waals surface area contributed by atoms with Crippen LogP contribution in [0, 0.1) is 0 Å². The van der Waals surface area contributed by atoms with Gasteiger partial charge in [0.15, 0.2) is 0 Å². The van der Waals surface area contributed by atoms with Gasteiger partial charge in [-0.15, -0.1) is 0 Å². The fourth-order valence-electron chi connectivity index (χ4n) is 2.23. The maximum Gasteiger partial charge on any atom is 0.0707 e. The summed E-state index contributed by atoms with van der Waals surface area (Å²) in [5.74, 6) is 0. The van der Waals surface area contributed by atoms with Crippen LogP contribution in [0.3, 0.4) is 0 Å². The van der Waals surface area contributed by atoms with Gasteiger partial charge in [0.25, 0.3) is 0 Å². The highest BCUT2D eigenvalue weighted by Gasteiger charge is 2.16. The van der Waals surface area contributed by atoms with E-state index in [4.69, 9.17) is 5.73 Å². The normalized spacial score (nSPS) is 20.9. The molecule has 0 aromatic heterocycles. The molecule has 1 aliphatic heterocycles. The second-order valence-electron chi connectivity index (χ2n) is 6.15. The molecule has 2 rings (SSSR count). The van der Waals surface area contributed by atoms with Gasteiger partial charge in [-0.2, -0.15) is 0 Å². The maximum absolute atomic E-state index is 6.10. The van der Waals surface area contributed by atoms with E-state index in [-0.39, 0.29) is 5.54 Å². The minimum absolute atomic E-state index is 0.265. The molecular formula is C16H25N3. The van der Waals surface area contributed by atoms with Crippen molar-refractivity contribution < 1.29 is 0 Å². The molecule has 0 aliphatic carbocycles. The molecule has 0 saturated heterocycles. The second-order valence-corrected chi connectivity index (χ2v) is 6.15. The first kappa shape index (κ1) is 14.1. The van der Waals surface area contributed by atoms with E-state index in [1.165, 1.54) is 11.1 Å². The first-order valence-corrected chi connectivity index (χ1v) is 6.87. The van der Waals surface area contributed by atoms with Gasteiger partial charge in [0, 0.05) is 18.1 Å². The fraction of sp³-hybridized carbons (Fsp3) is 0.500. The smallest absolute Gasteiger partial charge is 0.0707 e. The summed E-state index contributed by atoms with van der Waals surface area (Å²) in [6, 6.07) is 9.15. The molecule has 2 N–H and O–H groups in total. The summed E-state index contributed by atoms with van der Waals surface area (Å²) in [4.78, 5) is 4.65.